The molecule has 0 radical (unpaired) electrons. The number of sulfonamides is 1. The molecule has 3 aromatic rings. The van der Waals surface area contributed by atoms with E-state index in [1.165, 1.54) is 16.4 Å². The van der Waals surface area contributed by atoms with Crippen LogP contribution in [0.25, 0.3) is 0 Å². The van der Waals surface area contributed by atoms with Crippen LogP contribution in [0.4, 0.5) is 5.69 Å². The van der Waals surface area contributed by atoms with Crippen molar-refractivity contribution in [3.8, 4) is 0 Å². The summed E-state index contributed by atoms with van der Waals surface area (Å²) in [6, 6.07) is 20.6. The third-order valence-electron chi connectivity index (χ3n) is 5.53. The molecule has 0 aliphatic carbocycles. The summed E-state index contributed by atoms with van der Waals surface area (Å²) in [6.45, 7) is 1.60. The maximum absolute atomic E-state index is 13.5. The highest BCUT2D eigenvalue weighted by Gasteiger charge is 2.34. The first-order chi connectivity index (χ1) is 15.3. The summed E-state index contributed by atoms with van der Waals surface area (Å²) in [5, 5.41) is 0.799. The molecule has 0 fully saturated rings. The number of carbonyl (C=O) groups excluding carboxylic acids is 1. The average Bonchev–Trinajstić information content (AvgIpc) is 3.11. The molecular formula is C24H22Cl2N2O3S. The Balaban J connectivity index is 1.69. The van der Waals surface area contributed by atoms with E-state index in [0.717, 1.165) is 17.7 Å². The Hall–Kier alpha value is -2.38. The zero-order valence-corrected chi connectivity index (χ0v) is 19.7. The number of hydrogen-bond donors (Lipinski definition) is 0. The molecule has 32 heavy (non-hydrogen) atoms. The van der Waals surface area contributed by atoms with E-state index < -0.39 is 10.0 Å². The second-order valence-electron chi connectivity index (χ2n) is 7.77. The van der Waals surface area contributed by atoms with Crippen LogP contribution in [0.15, 0.2) is 77.7 Å². The van der Waals surface area contributed by atoms with Crippen molar-refractivity contribution in [2.75, 3.05) is 11.4 Å². The topological polar surface area (TPSA) is 57.7 Å². The average molecular weight is 489 g/mol. The van der Waals surface area contributed by atoms with E-state index in [2.05, 4.69) is 0 Å². The number of amides is 1. The molecule has 8 heteroatoms. The molecule has 1 unspecified atom stereocenters. The van der Waals surface area contributed by atoms with Crippen LogP contribution in [-0.4, -0.2) is 31.2 Å². The van der Waals surface area contributed by atoms with Gasteiger partial charge in [0.1, 0.15) is 0 Å². The molecule has 0 saturated heterocycles. The summed E-state index contributed by atoms with van der Waals surface area (Å²) in [5.41, 5.74) is 2.47. The quantitative estimate of drug-likeness (QED) is 0.481. The van der Waals surface area contributed by atoms with Crippen LogP contribution in [0, 0.1) is 0 Å². The molecular weight excluding hydrogens is 467 g/mol. The SMILES string of the molecule is CC1Cc2ccccc2N1C(=O)CN(Cc1ccc(Cl)cc1Cl)S(=O)(=O)c1ccccc1. The van der Waals surface area contributed by atoms with Crippen molar-refractivity contribution >= 4 is 44.8 Å². The third-order valence-corrected chi connectivity index (χ3v) is 7.92. The molecule has 1 heterocycles. The first kappa shape index (κ1) is 22.8. The van der Waals surface area contributed by atoms with E-state index >= 15 is 0 Å². The highest BCUT2D eigenvalue weighted by atomic mass is 35.5. The van der Waals surface area contributed by atoms with Gasteiger partial charge in [-0.2, -0.15) is 4.31 Å². The molecule has 1 amide bonds. The van der Waals surface area contributed by atoms with E-state index in [0.29, 0.717) is 15.6 Å². The Morgan fingerprint density at radius 2 is 1.72 bits per heavy atom. The summed E-state index contributed by atoms with van der Waals surface area (Å²) < 4.78 is 28.1. The lowest BCUT2D eigenvalue weighted by Gasteiger charge is -2.28. The maximum atomic E-state index is 13.5. The summed E-state index contributed by atoms with van der Waals surface area (Å²) in [4.78, 5) is 15.2. The second-order valence-corrected chi connectivity index (χ2v) is 10.5. The number of rotatable bonds is 6. The van der Waals surface area contributed by atoms with Crippen molar-refractivity contribution in [2.45, 2.75) is 30.8 Å². The number of halogens is 2. The molecule has 1 aliphatic heterocycles. The van der Waals surface area contributed by atoms with Crippen LogP contribution in [0.1, 0.15) is 18.1 Å². The lowest BCUT2D eigenvalue weighted by Crippen LogP contribution is -2.44. The van der Waals surface area contributed by atoms with Gasteiger partial charge in [-0.1, -0.05) is 65.7 Å². The molecule has 1 atom stereocenters. The fraction of sp³-hybridized carbons (Fsp3) is 0.208. The van der Waals surface area contributed by atoms with E-state index in [1.807, 2.05) is 31.2 Å². The first-order valence-electron chi connectivity index (χ1n) is 10.2. The highest BCUT2D eigenvalue weighted by molar-refractivity contribution is 7.89. The standard InChI is InChI=1S/C24H22Cl2N2O3S/c1-17-13-18-7-5-6-10-23(18)28(17)24(29)16-27(15-19-11-12-20(25)14-22(19)26)32(30,31)21-8-3-2-4-9-21/h2-12,14,17H,13,15-16H2,1H3. The first-order valence-corrected chi connectivity index (χ1v) is 12.4. The number of fused-ring (bicyclic) bond motifs is 1. The minimum atomic E-state index is -3.95. The van der Waals surface area contributed by atoms with Gasteiger partial charge in [0.2, 0.25) is 15.9 Å². The fourth-order valence-corrected chi connectivity index (χ4v) is 5.84. The number of anilines is 1. The number of benzene rings is 3. The molecule has 0 bridgehead atoms. The van der Waals surface area contributed by atoms with Crippen LogP contribution in [0.3, 0.4) is 0 Å². The summed E-state index contributed by atoms with van der Waals surface area (Å²) in [5.74, 6) is -0.285. The molecule has 5 nitrogen and oxygen atoms in total. The molecule has 1 aliphatic rings. The number of carbonyl (C=O) groups is 1. The van der Waals surface area contributed by atoms with Gasteiger partial charge in [0.15, 0.2) is 0 Å². The van der Waals surface area contributed by atoms with Crippen LogP contribution in [0.2, 0.25) is 10.0 Å². The Labute approximate surface area is 198 Å². The molecule has 0 aromatic heterocycles. The fourth-order valence-electron chi connectivity index (χ4n) is 3.98. The summed E-state index contributed by atoms with van der Waals surface area (Å²) >= 11 is 12.3. The predicted molar refractivity (Wildman–Crippen MR) is 128 cm³/mol. The van der Waals surface area contributed by atoms with E-state index in [-0.39, 0.29) is 29.9 Å². The summed E-state index contributed by atoms with van der Waals surface area (Å²) in [6.07, 6.45) is 0.733. The monoisotopic (exact) mass is 488 g/mol. The van der Waals surface area contributed by atoms with Crippen molar-refractivity contribution in [3.05, 3.63) is 94.0 Å². The number of nitrogens with zero attached hydrogens (tertiary/aromatic N) is 2. The molecule has 4 rings (SSSR count). The van der Waals surface area contributed by atoms with Crippen LogP contribution >= 0.6 is 23.2 Å². The van der Waals surface area contributed by atoms with Crippen molar-refractivity contribution in [1.29, 1.82) is 0 Å². The normalized spacial score (nSPS) is 15.8. The lowest BCUT2D eigenvalue weighted by molar-refractivity contribution is -0.119. The number of hydrogen-bond acceptors (Lipinski definition) is 3. The second kappa shape index (κ2) is 9.24. The Morgan fingerprint density at radius 1 is 1.03 bits per heavy atom. The third kappa shape index (κ3) is 4.55. The van der Waals surface area contributed by atoms with Gasteiger partial charge in [0, 0.05) is 28.3 Å². The van der Waals surface area contributed by atoms with E-state index in [4.69, 9.17) is 23.2 Å². The summed E-state index contributed by atoms with van der Waals surface area (Å²) in [7, 11) is -3.95. The molecule has 0 spiro atoms. The van der Waals surface area contributed by atoms with Gasteiger partial charge in [0.05, 0.1) is 11.4 Å². The number of para-hydroxylation sites is 1. The van der Waals surface area contributed by atoms with Gasteiger partial charge >= 0.3 is 0 Å². The zero-order chi connectivity index (χ0) is 22.9. The van der Waals surface area contributed by atoms with Gasteiger partial charge in [-0.15, -0.1) is 0 Å². The van der Waals surface area contributed by atoms with Gasteiger partial charge < -0.3 is 4.90 Å². The highest BCUT2D eigenvalue weighted by Crippen LogP contribution is 2.32. The van der Waals surface area contributed by atoms with Gasteiger partial charge in [-0.3, -0.25) is 4.79 Å². The minimum absolute atomic E-state index is 0.0527. The van der Waals surface area contributed by atoms with Crippen molar-refractivity contribution in [3.63, 3.8) is 0 Å². The zero-order valence-electron chi connectivity index (χ0n) is 17.4. The van der Waals surface area contributed by atoms with Crippen LogP contribution in [0.5, 0.6) is 0 Å². The van der Waals surface area contributed by atoms with Gasteiger partial charge in [-0.05, 0) is 54.8 Å². The van der Waals surface area contributed by atoms with Crippen molar-refractivity contribution < 1.29 is 13.2 Å². The van der Waals surface area contributed by atoms with Gasteiger partial charge in [-0.25, -0.2) is 8.42 Å². The molecule has 3 aromatic carbocycles. The van der Waals surface area contributed by atoms with Crippen molar-refractivity contribution in [2.24, 2.45) is 0 Å². The molecule has 0 N–H and O–H groups in total. The largest absolute Gasteiger partial charge is 0.308 e. The molecule has 166 valence electrons. The van der Waals surface area contributed by atoms with Crippen LogP contribution < -0.4 is 4.90 Å². The van der Waals surface area contributed by atoms with Gasteiger partial charge in [0.25, 0.3) is 0 Å². The van der Waals surface area contributed by atoms with E-state index in [1.54, 1.807) is 41.3 Å². The maximum Gasteiger partial charge on any atom is 0.243 e. The Kier molecular flexibility index (Phi) is 6.58. The minimum Gasteiger partial charge on any atom is -0.308 e. The van der Waals surface area contributed by atoms with Crippen LogP contribution in [-0.2, 0) is 27.8 Å². The van der Waals surface area contributed by atoms with Crippen molar-refractivity contribution in [1.82, 2.24) is 4.31 Å². The van der Waals surface area contributed by atoms with E-state index in [9.17, 15) is 13.2 Å². The lowest BCUT2D eigenvalue weighted by atomic mass is 10.1. The predicted octanol–water partition coefficient (Wildman–Crippen LogP) is 5.16. The molecule has 0 saturated carbocycles. The Morgan fingerprint density at radius 3 is 2.44 bits per heavy atom. The Bertz CT molecular complexity index is 1250. The smallest absolute Gasteiger partial charge is 0.243 e.